The normalized spacial score (nSPS) is 10.8. The molecule has 0 aromatic heterocycles. The van der Waals surface area contributed by atoms with Gasteiger partial charge in [0.2, 0.25) is 5.91 Å². The molecule has 0 rings (SSSR count). The Labute approximate surface area is 73.7 Å². The second-order valence-corrected chi connectivity index (χ2v) is 2.38. The Kier molecular flexibility index (Phi) is 5.70. The number of hydrogen-bond donors (Lipinski definition) is 1. The van der Waals surface area contributed by atoms with E-state index >= 15 is 0 Å². The Morgan fingerprint density at radius 3 is 2.42 bits per heavy atom. The van der Waals surface area contributed by atoms with Gasteiger partial charge in [0.15, 0.2) is 0 Å². The summed E-state index contributed by atoms with van der Waals surface area (Å²) in [5.74, 6) is -0.0804. The van der Waals surface area contributed by atoms with Gasteiger partial charge in [-0.3, -0.25) is 4.79 Å². The Hall–Kier alpha value is -1.31. The van der Waals surface area contributed by atoms with Crippen LogP contribution in [0.15, 0.2) is 36.5 Å². The third-order valence-electron chi connectivity index (χ3n) is 1.21. The molecule has 0 fully saturated rings. The summed E-state index contributed by atoms with van der Waals surface area (Å²) >= 11 is 0. The monoisotopic (exact) mass is 165 g/mol. The van der Waals surface area contributed by atoms with Gasteiger partial charge in [-0.2, -0.15) is 0 Å². The van der Waals surface area contributed by atoms with Crippen LogP contribution in [0.25, 0.3) is 0 Å². The van der Waals surface area contributed by atoms with E-state index in [2.05, 4.69) is 11.9 Å². The molecule has 2 heteroatoms. The van der Waals surface area contributed by atoms with Crippen LogP contribution in [0, 0.1) is 0 Å². The number of amides is 1. The van der Waals surface area contributed by atoms with E-state index in [9.17, 15) is 4.79 Å². The maximum atomic E-state index is 10.9. The molecule has 0 aliphatic rings. The van der Waals surface area contributed by atoms with Crippen molar-refractivity contribution in [3.63, 3.8) is 0 Å². The second kappa shape index (κ2) is 6.40. The Balaban J connectivity index is 3.68. The highest BCUT2D eigenvalue weighted by atomic mass is 16.1. The van der Waals surface area contributed by atoms with E-state index in [0.29, 0.717) is 6.54 Å². The van der Waals surface area contributed by atoms with Crippen LogP contribution in [0.3, 0.4) is 0 Å². The largest absolute Gasteiger partial charge is 0.349 e. The topological polar surface area (TPSA) is 29.1 Å². The van der Waals surface area contributed by atoms with E-state index in [1.54, 1.807) is 13.0 Å². The van der Waals surface area contributed by atoms with Crippen LogP contribution < -0.4 is 5.32 Å². The SMILES string of the molecule is C=C(/C=C\C)CNC(=O)/C=C/C. The molecule has 2 nitrogen and oxygen atoms in total. The van der Waals surface area contributed by atoms with E-state index in [1.165, 1.54) is 6.08 Å². The predicted octanol–water partition coefficient (Wildman–Crippen LogP) is 1.81. The summed E-state index contributed by atoms with van der Waals surface area (Å²) in [5, 5.41) is 2.69. The van der Waals surface area contributed by atoms with Gasteiger partial charge >= 0.3 is 0 Å². The van der Waals surface area contributed by atoms with Crippen molar-refractivity contribution in [2.24, 2.45) is 0 Å². The molecule has 0 aromatic rings. The Morgan fingerprint density at radius 1 is 1.33 bits per heavy atom. The maximum absolute atomic E-state index is 10.9. The van der Waals surface area contributed by atoms with Crippen molar-refractivity contribution in [3.05, 3.63) is 36.5 Å². The average molecular weight is 165 g/mol. The quantitative estimate of drug-likeness (QED) is 0.499. The summed E-state index contributed by atoms with van der Waals surface area (Å²) in [7, 11) is 0. The summed E-state index contributed by atoms with van der Waals surface area (Å²) < 4.78 is 0. The van der Waals surface area contributed by atoms with Crippen molar-refractivity contribution < 1.29 is 4.79 Å². The molecule has 0 atom stereocenters. The molecule has 0 unspecified atom stereocenters. The van der Waals surface area contributed by atoms with Crippen LogP contribution >= 0.6 is 0 Å². The van der Waals surface area contributed by atoms with Crippen molar-refractivity contribution in [1.82, 2.24) is 5.32 Å². The molecule has 1 N–H and O–H groups in total. The molecule has 66 valence electrons. The summed E-state index contributed by atoms with van der Waals surface area (Å²) in [6.07, 6.45) is 6.96. The fourth-order valence-corrected chi connectivity index (χ4v) is 0.706. The number of hydrogen-bond acceptors (Lipinski definition) is 1. The summed E-state index contributed by atoms with van der Waals surface area (Å²) in [4.78, 5) is 10.9. The molecule has 0 bridgehead atoms. The van der Waals surface area contributed by atoms with E-state index in [4.69, 9.17) is 0 Å². The van der Waals surface area contributed by atoms with Crippen molar-refractivity contribution in [2.45, 2.75) is 13.8 Å². The second-order valence-electron chi connectivity index (χ2n) is 2.38. The van der Waals surface area contributed by atoms with Crippen LogP contribution in [-0.2, 0) is 4.79 Å². The zero-order valence-electron chi connectivity index (χ0n) is 7.63. The number of rotatable bonds is 4. The molecule has 0 saturated carbocycles. The maximum Gasteiger partial charge on any atom is 0.243 e. The van der Waals surface area contributed by atoms with Crippen molar-refractivity contribution >= 4 is 5.91 Å². The minimum Gasteiger partial charge on any atom is -0.349 e. The van der Waals surface area contributed by atoms with Gasteiger partial charge in [-0.25, -0.2) is 0 Å². The first kappa shape index (κ1) is 10.7. The van der Waals surface area contributed by atoms with E-state index in [-0.39, 0.29) is 5.91 Å². The van der Waals surface area contributed by atoms with E-state index in [0.717, 1.165) is 5.57 Å². The van der Waals surface area contributed by atoms with Crippen molar-refractivity contribution in [3.8, 4) is 0 Å². The van der Waals surface area contributed by atoms with Gasteiger partial charge < -0.3 is 5.32 Å². The number of carbonyl (C=O) groups excluding carboxylic acids is 1. The van der Waals surface area contributed by atoms with Gasteiger partial charge in [0, 0.05) is 6.54 Å². The third kappa shape index (κ3) is 5.47. The van der Waals surface area contributed by atoms with Crippen LogP contribution in [0.1, 0.15) is 13.8 Å². The first-order chi connectivity index (χ1) is 5.70. The third-order valence-corrected chi connectivity index (χ3v) is 1.21. The van der Waals surface area contributed by atoms with Crippen molar-refractivity contribution in [1.29, 1.82) is 0 Å². The highest BCUT2D eigenvalue weighted by Crippen LogP contribution is 1.89. The molecule has 0 aliphatic heterocycles. The Bertz CT molecular complexity index is 190. The van der Waals surface area contributed by atoms with Crippen LogP contribution in [-0.4, -0.2) is 12.5 Å². The first-order valence-electron chi connectivity index (χ1n) is 3.91. The van der Waals surface area contributed by atoms with Crippen LogP contribution in [0.4, 0.5) is 0 Å². The summed E-state index contributed by atoms with van der Waals surface area (Å²) in [6.45, 7) is 7.98. The zero-order chi connectivity index (χ0) is 9.40. The van der Waals surface area contributed by atoms with Gasteiger partial charge in [-0.15, -0.1) is 0 Å². The standard InChI is InChI=1S/C10H15NO/c1-4-6-9(3)8-11-10(12)7-5-2/h4-7H,3,8H2,1-2H3,(H,11,12)/b6-4-,7-5+. The zero-order valence-corrected chi connectivity index (χ0v) is 7.63. The summed E-state index contributed by atoms with van der Waals surface area (Å²) in [5.41, 5.74) is 0.898. The fourth-order valence-electron chi connectivity index (χ4n) is 0.706. The first-order valence-corrected chi connectivity index (χ1v) is 3.91. The van der Waals surface area contributed by atoms with Gasteiger partial charge in [-0.05, 0) is 25.5 Å². The van der Waals surface area contributed by atoms with Gasteiger partial charge in [0.05, 0.1) is 0 Å². The van der Waals surface area contributed by atoms with Gasteiger partial charge in [0.25, 0.3) is 0 Å². The van der Waals surface area contributed by atoms with Gasteiger partial charge in [-0.1, -0.05) is 24.8 Å². The molecule has 0 radical (unpaired) electrons. The lowest BCUT2D eigenvalue weighted by Crippen LogP contribution is -2.22. The van der Waals surface area contributed by atoms with Gasteiger partial charge in [0.1, 0.15) is 0 Å². The number of nitrogens with one attached hydrogen (secondary N) is 1. The molecule has 0 saturated heterocycles. The smallest absolute Gasteiger partial charge is 0.243 e. The van der Waals surface area contributed by atoms with E-state index < -0.39 is 0 Å². The average Bonchev–Trinajstić information content (AvgIpc) is 2.02. The molecular formula is C10H15NO. The molecule has 0 aromatic carbocycles. The van der Waals surface area contributed by atoms with Crippen molar-refractivity contribution in [2.75, 3.05) is 6.54 Å². The Morgan fingerprint density at radius 2 is 1.92 bits per heavy atom. The number of allylic oxidation sites excluding steroid dienone is 2. The molecule has 0 heterocycles. The van der Waals surface area contributed by atoms with Crippen LogP contribution in [0.2, 0.25) is 0 Å². The molecule has 0 aliphatic carbocycles. The highest BCUT2D eigenvalue weighted by Gasteiger charge is 1.92. The summed E-state index contributed by atoms with van der Waals surface area (Å²) in [6, 6.07) is 0. The van der Waals surface area contributed by atoms with E-state index in [1.807, 2.05) is 19.1 Å². The minimum absolute atomic E-state index is 0.0804. The molecule has 12 heavy (non-hydrogen) atoms. The highest BCUT2D eigenvalue weighted by molar-refractivity contribution is 5.87. The van der Waals surface area contributed by atoms with Crippen LogP contribution in [0.5, 0.6) is 0 Å². The molecule has 0 spiro atoms. The lowest BCUT2D eigenvalue weighted by atomic mass is 10.3. The number of carbonyl (C=O) groups is 1. The minimum atomic E-state index is -0.0804. The lowest BCUT2D eigenvalue weighted by Gasteiger charge is -2.00. The lowest BCUT2D eigenvalue weighted by molar-refractivity contribution is -0.116. The molecule has 1 amide bonds. The molecular weight excluding hydrogens is 150 g/mol. The predicted molar refractivity (Wildman–Crippen MR) is 51.8 cm³/mol. The fraction of sp³-hybridized carbons (Fsp3) is 0.300.